The fourth-order valence-corrected chi connectivity index (χ4v) is 4.64. The highest BCUT2D eigenvalue weighted by molar-refractivity contribution is 7.97. The van der Waals surface area contributed by atoms with E-state index in [-0.39, 0.29) is 10.9 Å². The van der Waals surface area contributed by atoms with Crippen LogP contribution in [0, 0.1) is 5.82 Å². The van der Waals surface area contributed by atoms with Gasteiger partial charge in [0.25, 0.3) is 0 Å². The van der Waals surface area contributed by atoms with Crippen LogP contribution in [-0.2, 0) is 30.5 Å². The van der Waals surface area contributed by atoms with Gasteiger partial charge < -0.3 is 4.74 Å². The molecule has 1 unspecified atom stereocenters. The van der Waals surface area contributed by atoms with Crippen LogP contribution in [0.3, 0.4) is 0 Å². The van der Waals surface area contributed by atoms with Crippen LogP contribution in [0.5, 0.6) is 0 Å². The number of nitrogens with zero attached hydrogens (tertiary/aromatic N) is 1. The quantitative estimate of drug-likeness (QED) is 0.335. The Labute approximate surface area is 183 Å². The van der Waals surface area contributed by atoms with Crippen LogP contribution in [-0.4, -0.2) is 17.0 Å². The van der Waals surface area contributed by atoms with E-state index < -0.39 is 17.6 Å². The van der Waals surface area contributed by atoms with Crippen LogP contribution in [0.1, 0.15) is 22.3 Å². The molecule has 0 saturated carbocycles. The second kappa shape index (κ2) is 9.42. The molecule has 0 fully saturated rings. The molecule has 31 heavy (non-hydrogen) atoms. The van der Waals surface area contributed by atoms with Crippen LogP contribution in [0.2, 0.25) is 0 Å². The molecular formula is C24H21F4NOS. The summed E-state index contributed by atoms with van der Waals surface area (Å²) >= 11 is 1.01. The molecule has 0 spiro atoms. The zero-order chi connectivity index (χ0) is 21.8. The van der Waals surface area contributed by atoms with E-state index in [1.807, 2.05) is 58.9 Å². The van der Waals surface area contributed by atoms with E-state index in [1.165, 1.54) is 0 Å². The number of fused-ring (bicyclic) bond motifs is 1. The van der Waals surface area contributed by atoms with Crippen LogP contribution in [0.4, 0.5) is 17.6 Å². The molecule has 0 bridgehead atoms. The Bertz CT molecular complexity index is 1030. The van der Waals surface area contributed by atoms with Gasteiger partial charge in [0, 0.05) is 12.6 Å². The number of rotatable bonds is 4. The summed E-state index contributed by atoms with van der Waals surface area (Å²) < 4.78 is 61.9. The van der Waals surface area contributed by atoms with Crippen molar-refractivity contribution in [3.8, 4) is 0 Å². The van der Waals surface area contributed by atoms with Crippen LogP contribution < -0.4 is 0 Å². The summed E-state index contributed by atoms with van der Waals surface area (Å²) in [6, 6.07) is 20.0. The van der Waals surface area contributed by atoms with Crippen molar-refractivity contribution in [1.29, 1.82) is 0 Å². The average Bonchev–Trinajstić information content (AvgIpc) is 2.73. The molecule has 3 aromatic carbocycles. The lowest BCUT2D eigenvalue weighted by Gasteiger charge is -2.33. The molecule has 1 aliphatic rings. The van der Waals surface area contributed by atoms with Gasteiger partial charge in [-0.3, -0.25) is 0 Å². The number of benzene rings is 3. The lowest BCUT2D eigenvalue weighted by molar-refractivity contribution is -0.137. The van der Waals surface area contributed by atoms with Crippen molar-refractivity contribution in [1.82, 2.24) is 4.31 Å². The topological polar surface area (TPSA) is 12.5 Å². The van der Waals surface area contributed by atoms with Gasteiger partial charge in [-0.15, -0.1) is 0 Å². The predicted octanol–water partition coefficient (Wildman–Crippen LogP) is 6.50. The van der Waals surface area contributed by atoms with Crippen molar-refractivity contribution in [3.05, 3.63) is 101 Å². The second-order valence-corrected chi connectivity index (χ2v) is 8.53. The third kappa shape index (κ3) is 5.47. The Kier molecular flexibility index (Phi) is 6.65. The second-order valence-electron chi connectivity index (χ2n) is 7.44. The van der Waals surface area contributed by atoms with E-state index in [9.17, 15) is 17.6 Å². The molecule has 1 heterocycles. The fourth-order valence-electron chi connectivity index (χ4n) is 3.57. The van der Waals surface area contributed by atoms with E-state index in [1.54, 1.807) is 0 Å². The number of hydrogen-bond acceptors (Lipinski definition) is 3. The normalized spacial score (nSPS) is 17.6. The molecule has 7 heteroatoms. The van der Waals surface area contributed by atoms with Crippen molar-refractivity contribution >= 4 is 11.9 Å². The largest absolute Gasteiger partial charge is 0.416 e. The summed E-state index contributed by atoms with van der Waals surface area (Å²) in [6.45, 7) is 1.33. The molecule has 1 aliphatic heterocycles. The molecule has 0 saturated heterocycles. The number of halogens is 4. The minimum Gasteiger partial charge on any atom is -0.375 e. The van der Waals surface area contributed by atoms with E-state index in [4.69, 9.17) is 4.74 Å². The molecule has 0 amide bonds. The predicted molar refractivity (Wildman–Crippen MR) is 113 cm³/mol. The summed E-state index contributed by atoms with van der Waals surface area (Å²) in [5.74, 6) is -0.673. The monoisotopic (exact) mass is 447 g/mol. The van der Waals surface area contributed by atoms with Gasteiger partial charge in [-0.1, -0.05) is 54.6 Å². The van der Waals surface area contributed by atoms with Crippen molar-refractivity contribution in [3.63, 3.8) is 0 Å². The fraction of sp³-hybridized carbons (Fsp3) is 0.250. The molecule has 162 valence electrons. The van der Waals surface area contributed by atoms with Crippen LogP contribution in [0.25, 0.3) is 0 Å². The Morgan fingerprint density at radius 3 is 2.39 bits per heavy atom. The van der Waals surface area contributed by atoms with Gasteiger partial charge in [0.1, 0.15) is 5.82 Å². The van der Waals surface area contributed by atoms with E-state index in [0.29, 0.717) is 26.2 Å². The van der Waals surface area contributed by atoms with Crippen molar-refractivity contribution in [2.45, 2.75) is 36.7 Å². The summed E-state index contributed by atoms with van der Waals surface area (Å²) in [5, 5.41) is 0. The molecule has 1 atom stereocenters. The van der Waals surface area contributed by atoms with E-state index in [2.05, 4.69) is 0 Å². The van der Waals surface area contributed by atoms with Crippen molar-refractivity contribution in [2.24, 2.45) is 0 Å². The molecule has 4 rings (SSSR count). The Hall–Kier alpha value is -2.35. The third-order valence-electron chi connectivity index (χ3n) is 5.21. The zero-order valence-electron chi connectivity index (χ0n) is 16.6. The van der Waals surface area contributed by atoms with Gasteiger partial charge in [-0.2, -0.15) is 13.2 Å². The average molecular weight is 447 g/mol. The molecule has 0 aliphatic carbocycles. The first-order valence-corrected chi connectivity index (χ1v) is 10.7. The first-order chi connectivity index (χ1) is 14.9. The zero-order valence-corrected chi connectivity index (χ0v) is 17.4. The van der Waals surface area contributed by atoms with Gasteiger partial charge in [0.15, 0.2) is 0 Å². The smallest absolute Gasteiger partial charge is 0.375 e. The molecule has 0 radical (unpaired) electrons. The third-order valence-corrected chi connectivity index (χ3v) is 6.38. The lowest BCUT2D eigenvalue weighted by atomic mass is 10.0. The number of alkyl halides is 3. The van der Waals surface area contributed by atoms with Crippen LogP contribution in [0.15, 0.2) is 77.7 Å². The van der Waals surface area contributed by atoms with Gasteiger partial charge in [0.05, 0.1) is 23.7 Å². The maximum absolute atomic E-state index is 14.5. The Balaban J connectivity index is 1.67. The van der Waals surface area contributed by atoms with Crippen LogP contribution >= 0.6 is 11.9 Å². The maximum Gasteiger partial charge on any atom is 0.416 e. The minimum atomic E-state index is -4.53. The SMILES string of the molecule is Fc1ccc(C(F)(F)F)cc1SN1Cc2ccccc2COCC1Cc1ccccc1. The highest BCUT2D eigenvalue weighted by atomic mass is 32.2. The first kappa shape index (κ1) is 21.9. The summed E-state index contributed by atoms with van der Waals surface area (Å²) in [7, 11) is 0. The number of hydrogen-bond donors (Lipinski definition) is 0. The standard InChI is InChI=1S/C24H21F4NOS/c25-22-11-10-20(24(26,27)28)13-23(22)31-29-14-18-8-4-5-9-19(18)15-30-16-21(29)12-17-6-2-1-3-7-17/h1-11,13,21H,12,14-16H2. The summed E-state index contributed by atoms with van der Waals surface area (Å²) in [6.07, 6.45) is -3.89. The lowest BCUT2D eigenvalue weighted by Crippen LogP contribution is -2.37. The van der Waals surface area contributed by atoms with E-state index >= 15 is 0 Å². The molecular weight excluding hydrogens is 426 g/mol. The first-order valence-electron chi connectivity index (χ1n) is 9.90. The Morgan fingerprint density at radius 2 is 1.65 bits per heavy atom. The van der Waals surface area contributed by atoms with Gasteiger partial charge in [0.2, 0.25) is 0 Å². The highest BCUT2D eigenvalue weighted by Gasteiger charge is 2.32. The van der Waals surface area contributed by atoms with Crippen molar-refractivity contribution in [2.75, 3.05) is 6.61 Å². The molecule has 2 nitrogen and oxygen atoms in total. The van der Waals surface area contributed by atoms with Crippen molar-refractivity contribution < 1.29 is 22.3 Å². The Morgan fingerprint density at radius 1 is 0.935 bits per heavy atom. The minimum absolute atomic E-state index is 0.0501. The number of ether oxygens (including phenoxy) is 1. The van der Waals surface area contributed by atoms with Gasteiger partial charge >= 0.3 is 6.18 Å². The summed E-state index contributed by atoms with van der Waals surface area (Å²) in [4.78, 5) is -0.0501. The van der Waals surface area contributed by atoms with Gasteiger partial charge in [-0.05, 0) is 53.3 Å². The van der Waals surface area contributed by atoms with E-state index in [0.717, 1.165) is 46.8 Å². The summed E-state index contributed by atoms with van der Waals surface area (Å²) in [5.41, 5.74) is 2.26. The van der Waals surface area contributed by atoms with Gasteiger partial charge in [-0.25, -0.2) is 8.70 Å². The highest BCUT2D eigenvalue weighted by Crippen LogP contribution is 2.36. The molecule has 0 aromatic heterocycles. The molecule has 3 aromatic rings. The maximum atomic E-state index is 14.5. The molecule has 0 N–H and O–H groups in total.